The van der Waals surface area contributed by atoms with E-state index >= 15 is 0 Å². The Bertz CT molecular complexity index is 597. The Hall–Kier alpha value is -1.79. The third-order valence-electron chi connectivity index (χ3n) is 3.26. The summed E-state index contributed by atoms with van der Waals surface area (Å²) in [6.45, 7) is 1.96. The van der Waals surface area contributed by atoms with Crippen LogP contribution in [0.15, 0.2) is 34.3 Å². The predicted molar refractivity (Wildman–Crippen MR) is 83.7 cm³/mol. The molecule has 0 spiro atoms. The second kappa shape index (κ2) is 6.78. The third-order valence-corrected chi connectivity index (χ3v) is 4.20. The Morgan fingerprint density at radius 1 is 1.48 bits per heavy atom. The van der Waals surface area contributed by atoms with E-state index in [0.717, 1.165) is 11.3 Å². The van der Waals surface area contributed by atoms with Gasteiger partial charge in [-0.2, -0.15) is 5.10 Å². The summed E-state index contributed by atoms with van der Waals surface area (Å²) in [4.78, 5) is 11.9. The molecule has 1 N–H and O–H groups in total. The zero-order chi connectivity index (χ0) is 15.4. The van der Waals surface area contributed by atoms with Gasteiger partial charge in [-0.15, -0.1) is 0 Å². The Kier molecular flexibility index (Phi) is 5.03. The van der Waals surface area contributed by atoms with Gasteiger partial charge in [-0.05, 0) is 29.4 Å². The molecule has 2 rings (SSSR count). The number of allylic oxidation sites excluding steroid dienone is 1. The van der Waals surface area contributed by atoms with E-state index in [1.807, 2.05) is 31.2 Å². The van der Waals surface area contributed by atoms with Gasteiger partial charge in [0.15, 0.2) is 10.6 Å². The van der Waals surface area contributed by atoms with Crippen LogP contribution in [0.3, 0.4) is 0 Å². The zero-order valence-electron chi connectivity index (χ0n) is 12.3. The first-order valence-corrected chi connectivity index (χ1v) is 8.13. The highest BCUT2D eigenvalue weighted by Crippen LogP contribution is 2.29. The molecule has 0 radical (unpaired) electrons. The van der Waals surface area contributed by atoms with Gasteiger partial charge in [-0.1, -0.05) is 19.1 Å². The lowest BCUT2D eigenvalue weighted by atomic mass is 9.99. The molecule has 1 amide bonds. The van der Waals surface area contributed by atoms with E-state index in [2.05, 4.69) is 10.5 Å². The second-order valence-corrected chi connectivity index (χ2v) is 6.19. The Morgan fingerprint density at radius 2 is 2.24 bits per heavy atom. The van der Waals surface area contributed by atoms with Crippen LogP contribution < -0.4 is 10.2 Å². The number of nitrogens with one attached hydrogen (secondary N) is 1. The van der Waals surface area contributed by atoms with Gasteiger partial charge in [0.05, 0.1) is 12.8 Å². The Balaban J connectivity index is 2.29. The van der Waals surface area contributed by atoms with E-state index < -0.39 is 11.2 Å². The minimum atomic E-state index is -1.12. The van der Waals surface area contributed by atoms with Crippen molar-refractivity contribution in [2.45, 2.75) is 18.2 Å². The highest BCUT2D eigenvalue weighted by atomic mass is 32.2. The molecule has 0 fully saturated rings. The predicted octanol–water partition coefficient (Wildman–Crippen LogP) is 1.96. The first kappa shape index (κ1) is 15.6. The molecule has 0 aliphatic carbocycles. The maximum Gasteiger partial charge on any atom is 0.240 e. The Morgan fingerprint density at radius 3 is 2.86 bits per heavy atom. The van der Waals surface area contributed by atoms with Gasteiger partial charge >= 0.3 is 0 Å². The minimum absolute atomic E-state index is 0.0689. The third kappa shape index (κ3) is 3.65. The maximum absolute atomic E-state index is 11.7. The molecule has 112 valence electrons. The molecule has 0 saturated carbocycles. The molecule has 0 saturated heterocycles. The molecule has 1 heterocycles. The number of ether oxygens (including phenoxy) is 1. The number of carbonyl (C=O) groups is 1. The van der Waals surface area contributed by atoms with Gasteiger partial charge in [0.1, 0.15) is 6.26 Å². The number of methoxy groups -OCH3 is 1. The highest BCUT2D eigenvalue weighted by molar-refractivity contribution is 7.90. The molecule has 5 nitrogen and oxygen atoms in total. The molecular weight excluding hydrogens is 288 g/mol. The van der Waals surface area contributed by atoms with Crippen LogP contribution in [-0.2, 0) is 16.0 Å². The lowest BCUT2D eigenvalue weighted by Gasteiger charge is -2.16. The summed E-state index contributed by atoms with van der Waals surface area (Å²) >= 11 is -1.12. The molecule has 21 heavy (non-hydrogen) atoms. The van der Waals surface area contributed by atoms with E-state index in [4.69, 9.17) is 4.74 Å². The van der Waals surface area contributed by atoms with Crippen molar-refractivity contribution >= 4 is 28.9 Å². The fourth-order valence-electron chi connectivity index (χ4n) is 2.15. The first-order chi connectivity index (χ1) is 10.0. The van der Waals surface area contributed by atoms with Gasteiger partial charge in [-0.3, -0.25) is 4.79 Å². The number of benzene rings is 1. The molecule has 2 unspecified atom stereocenters. The molecule has 6 heteroatoms. The van der Waals surface area contributed by atoms with Gasteiger partial charge in [0.2, 0.25) is 5.91 Å². The van der Waals surface area contributed by atoms with E-state index in [0.29, 0.717) is 17.1 Å². The van der Waals surface area contributed by atoms with Gasteiger partial charge in [-0.25, -0.2) is 5.43 Å². The number of hydrazone groups is 1. The molecule has 2 atom stereocenters. The van der Waals surface area contributed by atoms with Crippen molar-refractivity contribution in [3.05, 3.63) is 29.8 Å². The van der Waals surface area contributed by atoms with E-state index in [9.17, 15) is 9.35 Å². The summed E-state index contributed by atoms with van der Waals surface area (Å²) in [7, 11) is 1.56. The normalized spacial score (nSPS) is 20.1. The van der Waals surface area contributed by atoms with Gasteiger partial charge < -0.3 is 9.29 Å². The number of rotatable bonds is 4. The maximum atomic E-state index is 11.7. The van der Waals surface area contributed by atoms with Crippen LogP contribution in [0, 0.1) is 5.92 Å². The molecule has 1 aliphatic heterocycles. The van der Waals surface area contributed by atoms with Crippen LogP contribution in [-0.4, -0.2) is 29.5 Å². The molecule has 1 aliphatic rings. The number of hydrogen-bond donors (Lipinski definition) is 1. The largest absolute Gasteiger partial charge is 0.612 e. The average Bonchev–Trinajstić information content (AvgIpc) is 2.45. The lowest BCUT2D eigenvalue weighted by Crippen LogP contribution is -2.30. The molecule has 0 aromatic heterocycles. The number of carbonyl (C=O) groups excluding carboxylic acids is 1. The average molecular weight is 306 g/mol. The fourth-order valence-corrected chi connectivity index (χ4v) is 2.88. The van der Waals surface area contributed by atoms with Crippen LogP contribution in [0.1, 0.15) is 18.9 Å². The number of hydrogen-bond acceptors (Lipinski definition) is 4. The van der Waals surface area contributed by atoms with Crippen molar-refractivity contribution in [3.8, 4) is 5.75 Å². The van der Waals surface area contributed by atoms with Crippen molar-refractivity contribution in [2.75, 3.05) is 13.4 Å². The number of amides is 1. The zero-order valence-corrected chi connectivity index (χ0v) is 13.1. The summed E-state index contributed by atoms with van der Waals surface area (Å²) in [6.07, 6.45) is 5.76. The lowest BCUT2D eigenvalue weighted by molar-refractivity contribution is -0.121. The van der Waals surface area contributed by atoms with Crippen molar-refractivity contribution in [1.29, 1.82) is 0 Å². The summed E-state index contributed by atoms with van der Waals surface area (Å²) in [5.41, 5.74) is 4.11. The van der Waals surface area contributed by atoms with E-state index in [1.54, 1.807) is 19.4 Å². The van der Waals surface area contributed by atoms with Gasteiger partial charge in [0.25, 0.3) is 0 Å². The van der Waals surface area contributed by atoms with Crippen LogP contribution in [0.2, 0.25) is 0 Å². The summed E-state index contributed by atoms with van der Waals surface area (Å²) in [5.74, 6) is 0.604. The van der Waals surface area contributed by atoms with Crippen LogP contribution >= 0.6 is 0 Å². The van der Waals surface area contributed by atoms with Crippen molar-refractivity contribution in [1.82, 2.24) is 5.43 Å². The fraction of sp³-hybridized carbons (Fsp3) is 0.333. The van der Waals surface area contributed by atoms with Gasteiger partial charge in [0, 0.05) is 17.9 Å². The first-order valence-electron chi connectivity index (χ1n) is 6.58. The summed E-state index contributed by atoms with van der Waals surface area (Å²) in [6, 6.07) is 5.51. The van der Waals surface area contributed by atoms with E-state index in [1.165, 1.54) is 0 Å². The highest BCUT2D eigenvalue weighted by Gasteiger charge is 2.19. The minimum Gasteiger partial charge on any atom is -0.612 e. The summed E-state index contributed by atoms with van der Waals surface area (Å²) in [5, 5.41) is 4.05. The number of nitrogens with zero attached hydrogens (tertiary/aromatic N) is 1. The monoisotopic (exact) mass is 306 g/mol. The van der Waals surface area contributed by atoms with Crippen LogP contribution in [0.4, 0.5) is 0 Å². The molecule has 0 bridgehead atoms. The smallest absolute Gasteiger partial charge is 0.240 e. The van der Waals surface area contributed by atoms with Crippen molar-refractivity contribution < 1.29 is 14.1 Å². The van der Waals surface area contributed by atoms with Crippen molar-refractivity contribution in [3.63, 3.8) is 0 Å². The topological polar surface area (TPSA) is 73.8 Å². The standard InChI is InChI=1S/C15H18N2O3S/c1-10-9-14(18)17-16-12(10)8-7-11-5-4-6-13(21(3)19)15(11)20-2/h4-8,10H,9H2,1-3H3,(H,17,18). The molecular formula is C15H18N2O3S. The molecule has 1 aromatic carbocycles. The van der Waals surface area contributed by atoms with Crippen molar-refractivity contribution in [2.24, 2.45) is 11.0 Å². The second-order valence-electron chi connectivity index (χ2n) is 4.84. The Labute approximate surface area is 127 Å². The molecule has 1 aromatic rings. The SMILES string of the molecule is COc1c(C=CC2=NNC(=O)CC2C)cccc1[S+](C)[O-]. The quantitative estimate of drug-likeness (QED) is 0.864. The van der Waals surface area contributed by atoms with Crippen LogP contribution in [0.25, 0.3) is 6.08 Å². The summed E-state index contributed by atoms with van der Waals surface area (Å²) < 4.78 is 17.1. The van der Waals surface area contributed by atoms with E-state index in [-0.39, 0.29) is 11.8 Å². The number of para-hydroxylation sites is 1. The van der Waals surface area contributed by atoms with Crippen LogP contribution in [0.5, 0.6) is 5.75 Å².